The van der Waals surface area contributed by atoms with Gasteiger partial charge in [-0.3, -0.25) is 9.59 Å². The van der Waals surface area contributed by atoms with Gasteiger partial charge in [0.1, 0.15) is 0 Å². The third-order valence-corrected chi connectivity index (χ3v) is 3.59. The number of hydrogen-bond donors (Lipinski definition) is 1. The van der Waals surface area contributed by atoms with Crippen LogP contribution in [-0.4, -0.2) is 23.7 Å². The van der Waals surface area contributed by atoms with Crippen LogP contribution in [0.1, 0.15) is 72.1 Å². The number of carboxylic acids is 1. The van der Waals surface area contributed by atoms with Crippen molar-refractivity contribution < 1.29 is 19.4 Å². The molecule has 0 heterocycles. The molecule has 0 saturated carbocycles. The molecule has 0 aromatic rings. The van der Waals surface area contributed by atoms with E-state index in [2.05, 4.69) is 0 Å². The second-order valence-corrected chi connectivity index (χ2v) is 5.36. The molecule has 0 spiro atoms. The average Bonchev–Trinajstić information content (AvgIpc) is 2.42. The normalized spacial score (nSPS) is 13.8. The number of aliphatic carboxylic acids is 1. The predicted octanol–water partition coefficient (Wildman–Crippen LogP) is 4.03. The molecule has 0 rings (SSSR count). The summed E-state index contributed by atoms with van der Waals surface area (Å²) in [5, 5.41) is 9.38. The van der Waals surface area contributed by atoms with Gasteiger partial charge in [0.2, 0.25) is 0 Å². The molecule has 0 aliphatic rings. The van der Waals surface area contributed by atoms with Gasteiger partial charge in [0.05, 0.1) is 18.4 Å². The lowest BCUT2D eigenvalue weighted by atomic mass is 9.84. The first-order valence-corrected chi connectivity index (χ1v) is 7.97. The van der Waals surface area contributed by atoms with Gasteiger partial charge < -0.3 is 9.84 Å². The summed E-state index contributed by atoms with van der Waals surface area (Å²) < 4.78 is 5.25. The molecular formula is C16H30O4. The number of hydrogen-bond acceptors (Lipinski definition) is 3. The summed E-state index contributed by atoms with van der Waals surface area (Å²) in [4.78, 5) is 23.6. The first-order valence-electron chi connectivity index (χ1n) is 7.97. The number of esters is 1. The third kappa shape index (κ3) is 7.51. The predicted molar refractivity (Wildman–Crippen MR) is 79.5 cm³/mol. The largest absolute Gasteiger partial charge is 0.481 e. The van der Waals surface area contributed by atoms with E-state index < -0.39 is 17.8 Å². The lowest BCUT2D eigenvalue weighted by molar-refractivity contribution is -0.158. The van der Waals surface area contributed by atoms with E-state index in [1.54, 1.807) is 0 Å². The van der Waals surface area contributed by atoms with Crippen molar-refractivity contribution in [3.05, 3.63) is 0 Å². The molecule has 0 bridgehead atoms. The second kappa shape index (κ2) is 11.7. The first kappa shape index (κ1) is 18.9. The Labute approximate surface area is 122 Å². The van der Waals surface area contributed by atoms with E-state index in [1.165, 1.54) is 0 Å². The minimum atomic E-state index is -0.869. The molecule has 20 heavy (non-hydrogen) atoms. The summed E-state index contributed by atoms with van der Waals surface area (Å²) >= 11 is 0. The molecule has 0 radical (unpaired) electrons. The van der Waals surface area contributed by atoms with Gasteiger partial charge in [0.15, 0.2) is 0 Å². The first-order chi connectivity index (χ1) is 9.58. The zero-order valence-electron chi connectivity index (χ0n) is 13.2. The number of carbonyl (C=O) groups excluding carboxylic acids is 1. The van der Waals surface area contributed by atoms with Crippen LogP contribution in [0.5, 0.6) is 0 Å². The highest BCUT2D eigenvalue weighted by molar-refractivity contribution is 5.81. The summed E-state index contributed by atoms with van der Waals surface area (Å²) in [6.07, 6.45) is 6.56. The van der Waals surface area contributed by atoms with E-state index >= 15 is 0 Å². The average molecular weight is 286 g/mol. The number of rotatable bonds is 12. The molecule has 0 unspecified atom stereocenters. The molecule has 118 valence electrons. The Morgan fingerprint density at radius 3 is 1.85 bits per heavy atom. The van der Waals surface area contributed by atoms with Crippen LogP contribution in [0.25, 0.3) is 0 Å². The molecule has 0 fully saturated rings. The van der Waals surface area contributed by atoms with Gasteiger partial charge in [-0.2, -0.15) is 0 Å². The Morgan fingerprint density at radius 1 is 0.900 bits per heavy atom. The molecule has 4 heteroatoms. The van der Waals surface area contributed by atoms with Crippen LogP contribution in [0.3, 0.4) is 0 Å². The minimum absolute atomic E-state index is 0.324. The molecule has 0 aromatic heterocycles. The van der Waals surface area contributed by atoms with Gasteiger partial charge in [0, 0.05) is 0 Å². The maximum absolute atomic E-state index is 12.1. The van der Waals surface area contributed by atoms with E-state index in [-0.39, 0.29) is 5.97 Å². The van der Waals surface area contributed by atoms with E-state index in [4.69, 9.17) is 4.74 Å². The molecule has 2 atom stereocenters. The van der Waals surface area contributed by atoms with Crippen LogP contribution in [0.2, 0.25) is 0 Å². The topological polar surface area (TPSA) is 63.6 Å². The van der Waals surface area contributed by atoms with Gasteiger partial charge in [-0.1, -0.05) is 52.9 Å². The Kier molecular flexibility index (Phi) is 11.1. The maximum Gasteiger partial charge on any atom is 0.309 e. The van der Waals surface area contributed by atoms with E-state index in [0.717, 1.165) is 38.5 Å². The van der Waals surface area contributed by atoms with Crippen molar-refractivity contribution >= 4 is 11.9 Å². The molecule has 0 saturated heterocycles. The monoisotopic (exact) mass is 286 g/mol. The molecule has 0 aliphatic carbocycles. The van der Waals surface area contributed by atoms with Crippen LogP contribution in [0.15, 0.2) is 0 Å². The summed E-state index contributed by atoms with van der Waals surface area (Å²) in [6, 6.07) is 0. The molecule has 4 nitrogen and oxygen atoms in total. The standard InChI is InChI=1S/C16H30O4/c1-4-7-10-13(15(17)18)14(11-8-5-2)16(19)20-12-9-6-3/h13-14H,4-12H2,1-3H3,(H,17,18)/t13-,14+/m0/s1. The quantitative estimate of drug-likeness (QED) is 0.434. The SMILES string of the molecule is CCCCOC(=O)[C@H](CCCC)[C@H](CCCC)C(=O)O. The van der Waals surface area contributed by atoms with Crippen molar-refractivity contribution in [3.63, 3.8) is 0 Å². The minimum Gasteiger partial charge on any atom is -0.481 e. The van der Waals surface area contributed by atoms with Crippen LogP contribution in [-0.2, 0) is 14.3 Å². The molecule has 0 aromatic carbocycles. The van der Waals surface area contributed by atoms with E-state index in [0.29, 0.717) is 19.4 Å². The third-order valence-electron chi connectivity index (χ3n) is 3.59. The van der Waals surface area contributed by atoms with Crippen molar-refractivity contribution in [2.45, 2.75) is 72.1 Å². The van der Waals surface area contributed by atoms with Crippen LogP contribution >= 0.6 is 0 Å². The Morgan fingerprint density at radius 2 is 1.40 bits per heavy atom. The van der Waals surface area contributed by atoms with Gasteiger partial charge in [-0.05, 0) is 19.3 Å². The fourth-order valence-electron chi connectivity index (χ4n) is 2.25. The highest BCUT2D eigenvalue weighted by Crippen LogP contribution is 2.26. The zero-order chi connectivity index (χ0) is 15.4. The van der Waals surface area contributed by atoms with E-state index in [9.17, 15) is 14.7 Å². The maximum atomic E-state index is 12.1. The van der Waals surface area contributed by atoms with Crippen molar-refractivity contribution in [1.29, 1.82) is 0 Å². The smallest absolute Gasteiger partial charge is 0.309 e. The highest BCUT2D eigenvalue weighted by Gasteiger charge is 2.33. The van der Waals surface area contributed by atoms with Crippen LogP contribution < -0.4 is 0 Å². The molecule has 1 N–H and O–H groups in total. The zero-order valence-corrected chi connectivity index (χ0v) is 13.2. The van der Waals surface area contributed by atoms with Crippen LogP contribution in [0, 0.1) is 11.8 Å². The van der Waals surface area contributed by atoms with Crippen molar-refractivity contribution in [3.8, 4) is 0 Å². The van der Waals surface area contributed by atoms with Crippen LogP contribution in [0.4, 0.5) is 0 Å². The van der Waals surface area contributed by atoms with E-state index in [1.807, 2.05) is 20.8 Å². The molecule has 0 aliphatic heterocycles. The Bertz CT molecular complexity index is 276. The van der Waals surface area contributed by atoms with Crippen molar-refractivity contribution in [2.24, 2.45) is 11.8 Å². The molecule has 0 amide bonds. The van der Waals surface area contributed by atoms with Gasteiger partial charge in [-0.25, -0.2) is 0 Å². The van der Waals surface area contributed by atoms with Crippen molar-refractivity contribution in [1.82, 2.24) is 0 Å². The Hall–Kier alpha value is -1.06. The fraction of sp³-hybridized carbons (Fsp3) is 0.875. The Balaban J connectivity index is 4.69. The second-order valence-electron chi connectivity index (χ2n) is 5.36. The highest BCUT2D eigenvalue weighted by atomic mass is 16.5. The van der Waals surface area contributed by atoms with Gasteiger partial charge in [-0.15, -0.1) is 0 Å². The lowest BCUT2D eigenvalue weighted by Gasteiger charge is -2.22. The number of ether oxygens (including phenoxy) is 1. The summed E-state index contributed by atoms with van der Waals surface area (Å²) in [6.45, 7) is 6.50. The van der Waals surface area contributed by atoms with Crippen molar-refractivity contribution in [2.75, 3.05) is 6.61 Å². The summed E-state index contributed by atoms with van der Waals surface area (Å²) in [7, 11) is 0. The number of unbranched alkanes of at least 4 members (excludes halogenated alkanes) is 3. The molecular weight excluding hydrogens is 256 g/mol. The van der Waals surface area contributed by atoms with Gasteiger partial charge >= 0.3 is 11.9 Å². The lowest BCUT2D eigenvalue weighted by Crippen LogP contribution is -2.31. The number of carboxylic acid groups (broad SMARTS) is 1. The fourth-order valence-corrected chi connectivity index (χ4v) is 2.25. The number of carbonyl (C=O) groups is 2. The van der Waals surface area contributed by atoms with Gasteiger partial charge in [0.25, 0.3) is 0 Å². The summed E-state index contributed by atoms with van der Waals surface area (Å²) in [5.41, 5.74) is 0. The summed E-state index contributed by atoms with van der Waals surface area (Å²) in [5.74, 6) is -2.28.